The number of aromatic nitrogens is 2. The third-order valence-corrected chi connectivity index (χ3v) is 5.65. The number of hydrogen-bond donors (Lipinski definition) is 1. The molecule has 1 N–H and O–H groups in total. The molecule has 1 atom stereocenters. The van der Waals surface area contributed by atoms with Crippen LogP contribution in [-0.2, 0) is 6.54 Å². The predicted octanol–water partition coefficient (Wildman–Crippen LogP) is 6.04. The van der Waals surface area contributed by atoms with Gasteiger partial charge in [-0.15, -0.1) is 0 Å². The van der Waals surface area contributed by atoms with Gasteiger partial charge in [0.1, 0.15) is 5.75 Å². The standard InChI is InChI=1S/C27H37N3O2/c1-5-7-13-24(31)19-29(18-6-2)20-26-22(4)28-30(23-11-9-8-10-12-23)27(26)32-25-16-14-21(3)15-17-25/h8-12,14-17,24,31H,5-7,13,18-20H2,1-4H3/t24-/m1/s1. The number of para-hydroxylation sites is 1. The Morgan fingerprint density at radius 3 is 2.38 bits per heavy atom. The number of benzene rings is 2. The molecule has 2 aromatic carbocycles. The number of aliphatic hydroxyl groups excluding tert-OH is 1. The summed E-state index contributed by atoms with van der Waals surface area (Å²) in [5, 5.41) is 15.4. The first-order valence-electron chi connectivity index (χ1n) is 11.8. The number of unbranched alkanes of at least 4 members (excludes halogenated alkanes) is 1. The molecule has 32 heavy (non-hydrogen) atoms. The Morgan fingerprint density at radius 2 is 1.72 bits per heavy atom. The fourth-order valence-corrected chi connectivity index (χ4v) is 3.89. The van der Waals surface area contributed by atoms with Crippen LogP contribution in [0.3, 0.4) is 0 Å². The normalized spacial score (nSPS) is 12.3. The highest BCUT2D eigenvalue weighted by molar-refractivity contribution is 5.43. The zero-order chi connectivity index (χ0) is 22.9. The number of hydrogen-bond acceptors (Lipinski definition) is 4. The lowest BCUT2D eigenvalue weighted by Crippen LogP contribution is -2.33. The molecule has 1 heterocycles. The molecule has 0 aliphatic heterocycles. The molecule has 0 saturated heterocycles. The van der Waals surface area contributed by atoms with Crippen molar-refractivity contribution in [1.82, 2.24) is 14.7 Å². The van der Waals surface area contributed by atoms with Gasteiger partial charge in [0.15, 0.2) is 0 Å². The summed E-state index contributed by atoms with van der Waals surface area (Å²) < 4.78 is 8.32. The highest BCUT2D eigenvalue weighted by atomic mass is 16.5. The number of aliphatic hydroxyl groups is 1. The van der Waals surface area contributed by atoms with Crippen molar-refractivity contribution in [1.29, 1.82) is 0 Å². The molecule has 0 bridgehead atoms. The molecule has 5 nitrogen and oxygen atoms in total. The van der Waals surface area contributed by atoms with E-state index in [1.165, 1.54) is 5.56 Å². The van der Waals surface area contributed by atoms with Crippen molar-refractivity contribution in [2.24, 2.45) is 0 Å². The van der Waals surface area contributed by atoms with E-state index in [0.29, 0.717) is 13.1 Å². The molecule has 3 rings (SSSR count). The van der Waals surface area contributed by atoms with E-state index in [-0.39, 0.29) is 6.10 Å². The maximum Gasteiger partial charge on any atom is 0.227 e. The Bertz CT molecular complexity index is 951. The highest BCUT2D eigenvalue weighted by Gasteiger charge is 2.22. The summed E-state index contributed by atoms with van der Waals surface area (Å²) in [6.07, 6.45) is 3.70. The van der Waals surface area contributed by atoms with E-state index >= 15 is 0 Å². The zero-order valence-corrected chi connectivity index (χ0v) is 19.9. The van der Waals surface area contributed by atoms with Crippen LogP contribution in [0.25, 0.3) is 5.69 Å². The van der Waals surface area contributed by atoms with Gasteiger partial charge in [-0.2, -0.15) is 5.10 Å². The Balaban J connectivity index is 1.94. The summed E-state index contributed by atoms with van der Waals surface area (Å²) in [4.78, 5) is 2.32. The second-order valence-electron chi connectivity index (χ2n) is 8.56. The van der Waals surface area contributed by atoms with Crippen molar-refractivity contribution < 1.29 is 9.84 Å². The van der Waals surface area contributed by atoms with Gasteiger partial charge in [-0.05, 0) is 57.5 Å². The van der Waals surface area contributed by atoms with E-state index in [1.54, 1.807) is 0 Å². The largest absolute Gasteiger partial charge is 0.439 e. The van der Waals surface area contributed by atoms with Crippen LogP contribution in [0.4, 0.5) is 0 Å². The number of ether oxygens (including phenoxy) is 1. The molecule has 0 unspecified atom stereocenters. The molecule has 0 aliphatic carbocycles. The number of rotatable bonds is 12. The van der Waals surface area contributed by atoms with Gasteiger partial charge in [-0.1, -0.05) is 62.6 Å². The first kappa shape index (κ1) is 24.0. The topological polar surface area (TPSA) is 50.5 Å². The Morgan fingerprint density at radius 1 is 1.00 bits per heavy atom. The van der Waals surface area contributed by atoms with Crippen molar-refractivity contribution in [2.45, 2.75) is 66.0 Å². The van der Waals surface area contributed by atoms with Crippen molar-refractivity contribution in [3.8, 4) is 17.3 Å². The van der Waals surface area contributed by atoms with Gasteiger partial charge < -0.3 is 9.84 Å². The fourth-order valence-electron chi connectivity index (χ4n) is 3.89. The third-order valence-electron chi connectivity index (χ3n) is 5.65. The van der Waals surface area contributed by atoms with E-state index in [1.807, 2.05) is 54.1 Å². The average molecular weight is 436 g/mol. The van der Waals surface area contributed by atoms with Crippen LogP contribution in [-0.4, -0.2) is 39.0 Å². The summed E-state index contributed by atoms with van der Waals surface area (Å²) in [7, 11) is 0. The van der Waals surface area contributed by atoms with Gasteiger partial charge in [0.05, 0.1) is 23.0 Å². The molecular weight excluding hydrogens is 398 g/mol. The third kappa shape index (κ3) is 6.44. The SMILES string of the molecule is CCCC[C@@H](O)CN(CCC)Cc1c(C)nn(-c2ccccc2)c1Oc1ccc(C)cc1. The van der Waals surface area contributed by atoms with Gasteiger partial charge >= 0.3 is 0 Å². The van der Waals surface area contributed by atoms with E-state index < -0.39 is 0 Å². The van der Waals surface area contributed by atoms with Crippen LogP contribution in [0, 0.1) is 13.8 Å². The molecule has 0 amide bonds. The molecule has 3 aromatic rings. The zero-order valence-electron chi connectivity index (χ0n) is 19.9. The highest BCUT2D eigenvalue weighted by Crippen LogP contribution is 2.32. The van der Waals surface area contributed by atoms with Crippen LogP contribution >= 0.6 is 0 Å². The van der Waals surface area contributed by atoms with E-state index in [2.05, 4.69) is 37.8 Å². The lowest BCUT2D eigenvalue weighted by molar-refractivity contribution is 0.0991. The number of aryl methyl sites for hydroxylation is 2. The molecule has 0 saturated carbocycles. The lowest BCUT2D eigenvalue weighted by atomic mass is 10.1. The van der Waals surface area contributed by atoms with Crippen molar-refractivity contribution in [3.63, 3.8) is 0 Å². The van der Waals surface area contributed by atoms with Crippen molar-refractivity contribution in [3.05, 3.63) is 71.4 Å². The summed E-state index contributed by atoms with van der Waals surface area (Å²) in [6, 6.07) is 18.2. The van der Waals surface area contributed by atoms with Crippen LogP contribution in [0.15, 0.2) is 54.6 Å². The summed E-state index contributed by atoms with van der Waals surface area (Å²) in [5.41, 5.74) is 4.17. The molecule has 0 aliphatic rings. The molecule has 0 spiro atoms. The van der Waals surface area contributed by atoms with Crippen molar-refractivity contribution >= 4 is 0 Å². The quantitative estimate of drug-likeness (QED) is 0.376. The Hall–Kier alpha value is -2.63. The maximum atomic E-state index is 10.5. The molecule has 5 heteroatoms. The minimum absolute atomic E-state index is 0.313. The number of nitrogens with zero attached hydrogens (tertiary/aromatic N) is 3. The molecule has 172 valence electrons. The van der Waals surface area contributed by atoms with Gasteiger partial charge in [0.2, 0.25) is 5.88 Å². The van der Waals surface area contributed by atoms with Gasteiger partial charge in [0.25, 0.3) is 0 Å². The predicted molar refractivity (Wildman–Crippen MR) is 131 cm³/mol. The second kappa shape index (κ2) is 11.8. The maximum absolute atomic E-state index is 10.5. The minimum Gasteiger partial charge on any atom is -0.439 e. The first-order valence-corrected chi connectivity index (χ1v) is 11.8. The molecule has 0 radical (unpaired) electrons. The summed E-state index contributed by atoms with van der Waals surface area (Å²) in [6.45, 7) is 10.7. The van der Waals surface area contributed by atoms with Gasteiger partial charge in [0, 0.05) is 13.1 Å². The summed E-state index contributed by atoms with van der Waals surface area (Å²) >= 11 is 0. The molecule has 1 aromatic heterocycles. The van der Waals surface area contributed by atoms with Crippen LogP contribution in [0.5, 0.6) is 11.6 Å². The fraction of sp³-hybridized carbons (Fsp3) is 0.444. The smallest absolute Gasteiger partial charge is 0.227 e. The van der Waals surface area contributed by atoms with Crippen LogP contribution in [0.2, 0.25) is 0 Å². The summed E-state index contributed by atoms with van der Waals surface area (Å²) in [5.74, 6) is 1.53. The van der Waals surface area contributed by atoms with Crippen LogP contribution in [0.1, 0.15) is 56.4 Å². The van der Waals surface area contributed by atoms with Crippen LogP contribution < -0.4 is 4.74 Å². The molecule has 0 fully saturated rings. The van der Waals surface area contributed by atoms with E-state index in [0.717, 1.165) is 60.8 Å². The monoisotopic (exact) mass is 435 g/mol. The first-order chi connectivity index (χ1) is 15.5. The van der Waals surface area contributed by atoms with Gasteiger partial charge in [-0.3, -0.25) is 4.90 Å². The lowest BCUT2D eigenvalue weighted by Gasteiger charge is -2.25. The Kier molecular flexibility index (Phi) is 8.89. The minimum atomic E-state index is -0.313. The van der Waals surface area contributed by atoms with Crippen molar-refractivity contribution in [2.75, 3.05) is 13.1 Å². The molecular formula is C27H37N3O2. The average Bonchev–Trinajstić information content (AvgIpc) is 3.09. The Labute approximate surface area is 192 Å². The van der Waals surface area contributed by atoms with E-state index in [9.17, 15) is 5.11 Å². The second-order valence-corrected chi connectivity index (χ2v) is 8.56. The van der Waals surface area contributed by atoms with E-state index in [4.69, 9.17) is 9.84 Å². The van der Waals surface area contributed by atoms with Gasteiger partial charge in [-0.25, -0.2) is 4.68 Å².